The van der Waals surface area contributed by atoms with E-state index >= 15 is 0 Å². The van der Waals surface area contributed by atoms with Gasteiger partial charge in [0, 0.05) is 0 Å². The number of rotatable bonds is 21. The van der Waals surface area contributed by atoms with Crippen LogP contribution in [0.3, 0.4) is 0 Å². The summed E-state index contributed by atoms with van der Waals surface area (Å²) in [5.41, 5.74) is 0. The predicted octanol–water partition coefficient (Wildman–Crippen LogP) is 9.04. The molecular formula is C24H51NO3. The first kappa shape index (κ1) is 29.4. The van der Waals surface area contributed by atoms with Gasteiger partial charge in [-0.05, 0) is 6.42 Å². The number of nitrogens with zero attached hydrogens (tertiary/aromatic N) is 1. The van der Waals surface area contributed by atoms with E-state index in [0.717, 1.165) is 19.3 Å². The average Bonchev–Trinajstić information content (AvgIpc) is 2.68. The van der Waals surface area contributed by atoms with Crippen molar-refractivity contribution in [2.45, 2.75) is 149 Å². The fourth-order valence-electron chi connectivity index (χ4n) is 3.29. The summed E-state index contributed by atoms with van der Waals surface area (Å²) in [4.78, 5) is 13.9. The first-order chi connectivity index (χ1) is 13.7. The minimum atomic E-state index is -0.730. The topological polar surface area (TPSA) is 52.4 Å². The van der Waals surface area contributed by atoms with Crippen molar-refractivity contribution in [3.8, 4) is 0 Å². The molecule has 0 radical (unpaired) electrons. The van der Waals surface area contributed by atoms with Crippen molar-refractivity contribution >= 4 is 0 Å². The van der Waals surface area contributed by atoms with E-state index in [-0.39, 0.29) is 6.61 Å². The Morgan fingerprint density at radius 1 is 0.500 bits per heavy atom. The van der Waals surface area contributed by atoms with Crippen LogP contribution in [0.25, 0.3) is 0 Å². The molecule has 0 saturated heterocycles. The van der Waals surface area contributed by atoms with Gasteiger partial charge in [0.2, 0.25) is 0 Å². The van der Waals surface area contributed by atoms with Crippen LogP contribution < -0.4 is 0 Å². The van der Waals surface area contributed by atoms with Gasteiger partial charge in [-0.15, -0.1) is 10.1 Å². The maximum atomic E-state index is 9.72. The number of hydrogen-bond donors (Lipinski definition) is 0. The zero-order chi connectivity index (χ0) is 21.1. The normalized spacial score (nSPS) is 10.4. The van der Waals surface area contributed by atoms with Gasteiger partial charge >= 0.3 is 0 Å². The van der Waals surface area contributed by atoms with E-state index in [1.54, 1.807) is 0 Å². The van der Waals surface area contributed by atoms with E-state index in [2.05, 4.69) is 25.6 Å². The first-order valence-corrected chi connectivity index (χ1v) is 12.5. The van der Waals surface area contributed by atoms with Crippen LogP contribution in [0.5, 0.6) is 0 Å². The van der Waals surface area contributed by atoms with Crippen LogP contribution in [0.1, 0.15) is 149 Å². The third kappa shape index (κ3) is 32.8. The third-order valence-electron chi connectivity index (χ3n) is 5.15. The van der Waals surface area contributed by atoms with E-state index in [0.29, 0.717) is 0 Å². The fraction of sp³-hybridized carbons (Fsp3) is 1.00. The van der Waals surface area contributed by atoms with E-state index in [1.165, 1.54) is 109 Å². The average molecular weight is 402 g/mol. The summed E-state index contributed by atoms with van der Waals surface area (Å²) in [6.45, 7) is 6.99. The van der Waals surface area contributed by atoms with E-state index < -0.39 is 5.09 Å². The molecule has 0 aliphatic carbocycles. The van der Waals surface area contributed by atoms with Crippen molar-refractivity contribution in [3.05, 3.63) is 10.1 Å². The lowest BCUT2D eigenvalue weighted by atomic mass is 10.0. The second kappa shape index (κ2) is 28.4. The van der Waals surface area contributed by atoms with Gasteiger partial charge in [-0.3, -0.25) is 0 Å². The van der Waals surface area contributed by atoms with Crippen molar-refractivity contribution in [2.75, 3.05) is 6.61 Å². The molecule has 4 nitrogen and oxygen atoms in total. The molecular weight excluding hydrogens is 350 g/mol. The molecule has 28 heavy (non-hydrogen) atoms. The molecule has 0 aliphatic heterocycles. The molecule has 0 spiro atoms. The molecule has 0 unspecified atom stereocenters. The molecule has 170 valence electrons. The minimum absolute atomic E-state index is 0.249. The zero-order valence-electron chi connectivity index (χ0n) is 19.5. The molecule has 0 heterocycles. The Balaban J connectivity index is 0. The Morgan fingerprint density at radius 3 is 1.00 bits per heavy atom. The van der Waals surface area contributed by atoms with Crippen molar-refractivity contribution in [1.29, 1.82) is 0 Å². The molecule has 0 bridgehead atoms. The molecule has 0 fully saturated rings. The highest BCUT2D eigenvalue weighted by molar-refractivity contribution is 4.48. The standard InChI is InChI=1S/C16H34.C8H17NO3/c1-3-5-7-9-11-13-15-16-14-12-10-8-6-4-2;1-2-3-4-5-6-7-8-12-9(10)11/h3-16H2,1-2H3;2-8H2,1H3. The number of unbranched alkanes of at least 4 members (excludes halogenated alkanes) is 18. The molecule has 0 rings (SSSR count). The molecule has 0 aromatic carbocycles. The molecule has 4 heteroatoms. The number of hydrogen-bond acceptors (Lipinski definition) is 3. The van der Waals surface area contributed by atoms with Gasteiger partial charge in [0.1, 0.15) is 0 Å². The van der Waals surface area contributed by atoms with E-state index in [4.69, 9.17) is 0 Å². The lowest BCUT2D eigenvalue weighted by Crippen LogP contribution is -2.01. The van der Waals surface area contributed by atoms with Gasteiger partial charge in [-0.1, -0.05) is 143 Å². The minimum Gasteiger partial charge on any atom is -0.314 e. The summed E-state index contributed by atoms with van der Waals surface area (Å²) < 4.78 is 0. The van der Waals surface area contributed by atoms with Crippen LogP contribution in [0.15, 0.2) is 0 Å². The summed E-state index contributed by atoms with van der Waals surface area (Å²) in [5.74, 6) is 0. The van der Waals surface area contributed by atoms with Gasteiger partial charge in [-0.25, -0.2) is 0 Å². The van der Waals surface area contributed by atoms with Crippen LogP contribution in [-0.2, 0) is 4.84 Å². The maximum absolute atomic E-state index is 9.72. The summed E-state index contributed by atoms with van der Waals surface area (Å²) in [5, 5.41) is 8.99. The maximum Gasteiger partial charge on any atom is 0.294 e. The molecule has 0 amide bonds. The zero-order valence-corrected chi connectivity index (χ0v) is 19.5. The molecule has 0 aromatic heterocycles. The Morgan fingerprint density at radius 2 is 0.750 bits per heavy atom. The summed E-state index contributed by atoms with van der Waals surface area (Å²) in [6.07, 6.45) is 27.1. The lowest BCUT2D eigenvalue weighted by molar-refractivity contribution is -0.757. The largest absolute Gasteiger partial charge is 0.314 e. The van der Waals surface area contributed by atoms with E-state index in [9.17, 15) is 10.1 Å². The smallest absolute Gasteiger partial charge is 0.294 e. The highest BCUT2D eigenvalue weighted by atomic mass is 16.9. The summed E-state index contributed by atoms with van der Waals surface area (Å²) >= 11 is 0. The Hall–Kier alpha value is -0.800. The molecule has 0 saturated carbocycles. The van der Waals surface area contributed by atoms with Crippen LogP contribution in [0.4, 0.5) is 0 Å². The van der Waals surface area contributed by atoms with Gasteiger partial charge in [0.05, 0.1) is 6.61 Å². The van der Waals surface area contributed by atoms with Gasteiger partial charge < -0.3 is 4.84 Å². The van der Waals surface area contributed by atoms with Crippen LogP contribution in [0, 0.1) is 10.1 Å². The van der Waals surface area contributed by atoms with E-state index in [1.807, 2.05) is 0 Å². The lowest BCUT2D eigenvalue weighted by Gasteiger charge is -2.02. The Bertz CT molecular complexity index is 271. The third-order valence-corrected chi connectivity index (χ3v) is 5.15. The highest BCUT2D eigenvalue weighted by Crippen LogP contribution is 2.12. The Kier molecular flexibility index (Phi) is 29.8. The SMILES string of the molecule is CCCCCCCCCCCCCCCC.CCCCCCCCO[N+](=O)[O-]. The second-order valence-corrected chi connectivity index (χ2v) is 8.07. The van der Waals surface area contributed by atoms with Crippen LogP contribution in [-0.4, -0.2) is 11.7 Å². The second-order valence-electron chi connectivity index (χ2n) is 8.07. The Labute approximate surface area is 176 Å². The van der Waals surface area contributed by atoms with Crippen LogP contribution in [0.2, 0.25) is 0 Å². The monoisotopic (exact) mass is 401 g/mol. The predicted molar refractivity (Wildman–Crippen MR) is 122 cm³/mol. The molecule has 0 atom stereocenters. The fourth-order valence-corrected chi connectivity index (χ4v) is 3.29. The molecule has 0 aromatic rings. The van der Waals surface area contributed by atoms with Crippen molar-refractivity contribution < 1.29 is 9.92 Å². The van der Waals surface area contributed by atoms with Gasteiger partial charge in [-0.2, -0.15) is 0 Å². The summed E-state index contributed by atoms with van der Waals surface area (Å²) in [6, 6.07) is 0. The van der Waals surface area contributed by atoms with Crippen LogP contribution >= 0.6 is 0 Å². The van der Waals surface area contributed by atoms with Gasteiger partial charge in [0.25, 0.3) is 5.09 Å². The molecule has 0 N–H and O–H groups in total. The van der Waals surface area contributed by atoms with Crippen molar-refractivity contribution in [2.24, 2.45) is 0 Å². The quantitative estimate of drug-likeness (QED) is 0.109. The van der Waals surface area contributed by atoms with Crippen molar-refractivity contribution in [1.82, 2.24) is 0 Å². The first-order valence-electron chi connectivity index (χ1n) is 12.5. The highest BCUT2D eigenvalue weighted by Gasteiger charge is 1.94. The van der Waals surface area contributed by atoms with Gasteiger partial charge in [0.15, 0.2) is 0 Å². The summed E-state index contributed by atoms with van der Waals surface area (Å²) in [7, 11) is 0. The van der Waals surface area contributed by atoms with Crippen molar-refractivity contribution in [3.63, 3.8) is 0 Å². The molecule has 0 aliphatic rings.